The van der Waals surface area contributed by atoms with Crippen molar-refractivity contribution in [1.29, 1.82) is 0 Å². The highest BCUT2D eigenvalue weighted by Crippen LogP contribution is 2.21. The molecule has 6 nitrogen and oxygen atoms in total. The molecule has 0 unspecified atom stereocenters. The molecule has 0 heterocycles. The average molecular weight is 267 g/mol. The molecule has 0 aliphatic rings. The van der Waals surface area contributed by atoms with E-state index in [4.69, 9.17) is 20.9 Å². The molecule has 6 heteroatoms. The second kappa shape index (κ2) is 7.60. The first-order valence-corrected chi connectivity index (χ1v) is 6.02. The van der Waals surface area contributed by atoms with Crippen LogP contribution in [-0.4, -0.2) is 46.4 Å². The van der Waals surface area contributed by atoms with Crippen LogP contribution in [0.4, 0.5) is 11.4 Å². The lowest BCUT2D eigenvalue weighted by atomic mass is 10.1. The van der Waals surface area contributed by atoms with E-state index in [1.807, 2.05) is 6.07 Å². The van der Waals surface area contributed by atoms with Gasteiger partial charge in [-0.1, -0.05) is 0 Å². The third-order valence-electron chi connectivity index (χ3n) is 2.80. The number of hydrogen-bond acceptors (Lipinski definition) is 5. The Kier molecular flexibility index (Phi) is 6.11. The molecule has 19 heavy (non-hydrogen) atoms. The number of anilines is 2. The Morgan fingerprint density at radius 1 is 1.21 bits per heavy atom. The summed E-state index contributed by atoms with van der Waals surface area (Å²) >= 11 is 0. The van der Waals surface area contributed by atoms with Gasteiger partial charge >= 0.3 is 0 Å². The Hall–Kier alpha value is -1.79. The van der Waals surface area contributed by atoms with Gasteiger partial charge in [-0.15, -0.1) is 0 Å². The first-order valence-electron chi connectivity index (χ1n) is 6.02. The summed E-state index contributed by atoms with van der Waals surface area (Å²) in [5.41, 5.74) is 12.6. The molecular formula is C13H21N3O3. The quantitative estimate of drug-likeness (QED) is 0.668. The van der Waals surface area contributed by atoms with Crippen LogP contribution in [0.3, 0.4) is 0 Å². The highest BCUT2D eigenvalue weighted by molar-refractivity contribution is 5.99. The molecule has 1 amide bonds. The zero-order valence-electron chi connectivity index (χ0n) is 11.4. The predicted molar refractivity (Wildman–Crippen MR) is 75.3 cm³/mol. The van der Waals surface area contributed by atoms with Crippen LogP contribution in [0.15, 0.2) is 18.2 Å². The number of nitrogens with zero attached hydrogens (tertiary/aromatic N) is 1. The van der Waals surface area contributed by atoms with Gasteiger partial charge in [0, 0.05) is 38.7 Å². The number of amides is 1. The molecule has 4 N–H and O–H groups in total. The van der Waals surface area contributed by atoms with E-state index in [2.05, 4.69) is 4.90 Å². The van der Waals surface area contributed by atoms with Crippen molar-refractivity contribution in [3.05, 3.63) is 23.8 Å². The number of carbonyl (C=O) groups is 1. The normalized spacial score (nSPS) is 10.4. The van der Waals surface area contributed by atoms with Gasteiger partial charge in [-0.3, -0.25) is 4.79 Å². The third kappa shape index (κ3) is 4.42. The number of methoxy groups -OCH3 is 2. The van der Waals surface area contributed by atoms with E-state index in [0.717, 1.165) is 5.69 Å². The molecule has 0 radical (unpaired) electrons. The molecule has 0 atom stereocenters. The maximum Gasteiger partial charge on any atom is 0.250 e. The van der Waals surface area contributed by atoms with Gasteiger partial charge in [0.25, 0.3) is 5.91 Å². The zero-order chi connectivity index (χ0) is 14.3. The molecule has 0 saturated heterocycles. The van der Waals surface area contributed by atoms with Gasteiger partial charge in [-0.25, -0.2) is 0 Å². The van der Waals surface area contributed by atoms with Crippen molar-refractivity contribution in [1.82, 2.24) is 0 Å². The average Bonchev–Trinajstić information content (AvgIpc) is 2.39. The standard InChI is InChI=1S/C13H21N3O3/c1-18-7-5-16(6-8-19-2)10-3-4-12(14)11(9-10)13(15)17/h3-4,9H,5-8,14H2,1-2H3,(H2,15,17). The second-order valence-corrected chi connectivity index (χ2v) is 4.11. The predicted octanol–water partition coefficient (Wildman–Crippen LogP) is 0.467. The van der Waals surface area contributed by atoms with E-state index in [9.17, 15) is 4.79 Å². The number of primary amides is 1. The highest BCUT2D eigenvalue weighted by Gasteiger charge is 2.11. The largest absolute Gasteiger partial charge is 0.398 e. The summed E-state index contributed by atoms with van der Waals surface area (Å²) in [7, 11) is 3.29. The number of benzene rings is 1. The van der Waals surface area contributed by atoms with Crippen molar-refractivity contribution in [3.8, 4) is 0 Å². The van der Waals surface area contributed by atoms with E-state index >= 15 is 0 Å². The number of carbonyl (C=O) groups excluding carboxylic acids is 1. The minimum Gasteiger partial charge on any atom is -0.398 e. The fraction of sp³-hybridized carbons (Fsp3) is 0.462. The molecule has 0 bridgehead atoms. The van der Waals surface area contributed by atoms with Crippen molar-refractivity contribution in [2.75, 3.05) is 51.2 Å². The van der Waals surface area contributed by atoms with Crippen LogP contribution >= 0.6 is 0 Å². The van der Waals surface area contributed by atoms with Crippen molar-refractivity contribution in [2.24, 2.45) is 5.73 Å². The van der Waals surface area contributed by atoms with Gasteiger partial charge in [0.1, 0.15) is 0 Å². The van der Waals surface area contributed by atoms with Gasteiger partial charge in [0.05, 0.1) is 18.8 Å². The Morgan fingerprint density at radius 3 is 2.26 bits per heavy atom. The first kappa shape index (κ1) is 15.3. The minimum absolute atomic E-state index is 0.331. The van der Waals surface area contributed by atoms with Gasteiger partial charge < -0.3 is 25.8 Å². The Morgan fingerprint density at radius 2 is 1.79 bits per heavy atom. The second-order valence-electron chi connectivity index (χ2n) is 4.11. The van der Waals surface area contributed by atoms with Crippen molar-refractivity contribution in [2.45, 2.75) is 0 Å². The summed E-state index contributed by atoms with van der Waals surface area (Å²) < 4.78 is 10.2. The molecule has 1 rings (SSSR count). The van der Waals surface area contributed by atoms with Crippen LogP contribution in [0.5, 0.6) is 0 Å². The smallest absolute Gasteiger partial charge is 0.250 e. The number of hydrogen-bond donors (Lipinski definition) is 2. The summed E-state index contributed by atoms with van der Waals surface area (Å²) in [6.45, 7) is 2.56. The molecule has 1 aromatic rings. The monoisotopic (exact) mass is 267 g/mol. The summed E-state index contributed by atoms with van der Waals surface area (Å²) in [4.78, 5) is 13.4. The fourth-order valence-corrected chi connectivity index (χ4v) is 1.73. The van der Waals surface area contributed by atoms with Crippen LogP contribution in [-0.2, 0) is 9.47 Å². The van der Waals surface area contributed by atoms with Crippen LogP contribution in [0.1, 0.15) is 10.4 Å². The number of ether oxygens (including phenoxy) is 2. The summed E-state index contributed by atoms with van der Waals surface area (Å²) in [5, 5.41) is 0. The highest BCUT2D eigenvalue weighted by atomic mass is 16.5. The summed E-state index contributed by atoms with van der Waals surface area (Å²) in [5.74, 6) is -0.530. The van der Waals surface area contributed by atoms with Crippen molar-refractivity contribution >= 4 is 17.3 Å². The number of nitrogens with two attached hydrogens (primary N) is 2. The maximum atomic E-state index is 11.3. The van der Waals surface area contributed by atoms with Gasteiger partial charge in [0.15, 0.2) is 0 Å². The first-order chi connectivity index (χ1) is 9.10. The van der Waals surface area contributed by atoms with E-state index in [0.29, 0.717) is 37.6 Å². The van der Waals surface area contributed by atoms with Gasteiger partial charge in [-0.2, -0.15) is 0 Å². The molecule has 0 aliphatic carbocycles. The maximum absolute atomic E-state index is 11.3. The molecule has 106 valence electrons. The van der Waals surface area contributed by atoms with Crippen molar-refractivity contribution < 1.29 is 14.3 Å². The number of rotatable bonds is 8. The topological polar surface area (TPSA) is 90.8 Å². The number of nitrogen functional groups attached to an aromatic ring is 1. The minimum atomic E-state index is -0.530. The molecule has 1 aromatic carbocycles. The Labute approximate surface area is 113 Å². The van der Waals surface area contributed by atoms with Crippen LogP contribution in [0, 0.1) is 0 Å². The Balaban J connectivity index is 2.93. The van der Waals surface area contributed by atoms with Gasteiger partial charge in [-0.05, 0) is 18.2 Å². The molecule has 0 aromatic heterocycles. The molecule has 0 saturated carbocycles. The van der Waals surface area contributed by atoms with E-state index < -0.39 is 5.91 Å². The third-order valence-corrected chi connectivity index (χ3v) is 2.80. The lowest BCUT2D eigenvalue weighted by Crippen LogP contribution is -2.31. The van der Waals surface area contributed by atoms with Crippen LogP contribution < -0.4 is 16.4 Å². The zero-order valence-corrected chi connectivity index (χ0v) is 11.4. The van der Waals surface area contributed by atoms with E-state index in [1.165, 1.54) is 0 Å². The Bertz CT molecular complexity index is 416. The SMILES string of the molecule is COCCN(CCOC)c1ccc(N)c(C(N)=O)c1. The van der Waals surface area contributed by atoms with Crippen LogP contribution in [0.2, 0.25) is 0 Å². The summed E-state index contributed by atoms with van der Waals surface area (Å²) in [6.07, 6.45) is 0. The summed E-state index contributed by atoms with van der Waals surface area (Å²) in [6, 6.07) is 5.23. The van der Waals surface area contributed by atoms with E-state index in [1.54, 1.807) is 26.4 Å². The van der Waals surface area contributed by atoms with Gasteiger partial charge in [0.2, 0.25) is 0 Å². The molecule has 0 fully saturated rings. The lowest BCUT2D eigenvalue weighted by Gasteiger charge is -2.24. The lowest BCUT2D eigenvalue weighted by molar-refractivity contribution is 0.100. The van der Waals surface area contributed by atoms with Crippen LogP contribution in [0.25, 0.3) is 0 Å². The fourth-order valence-electron chi connectivity index (χ4n) is 1.73. The van der Waals surface area contributed by atoms with Crippen molar-refractivity contribution in [3.63, 3.8) is 0 Å². The molecule has 0 spiro atoms. The molecular weight excluding hydrogens is 246 g/mol. The molecule has 0 aliphatic heterocycles. The van der Waals surface area contributed by atoms with E-state index in [-0.39, 0.29) is 0 Å².